The number of hydrogen-bond acceptors (Lipinski definition) is 2. The maximum absolute atomic E-state index is 12.2. The van der Waals surface area contributed by atoms with Gasteiger partial charge in [-0.25, -0.2) is 8.78 Å². The number of alkyl halides is 2. The van der Waals surface area contributed by atoms with Crippen molar-refractivity contribution in [2.24, 2.45) is 5.73 Å². The first kappa shape index (κ1) is 10.6. The highest BCUT2D eigenvalue weighted by atomic mass is 127. The zero-order chi connectivity index (χ0) is 10.0. The topological polar surface area (TPSA) is 58.9 Å². The van der Waals surface area contributed by atoms with Crippen molar-refractivity contribution in [1.29, 1.82) is 0 Å². The second-order valence-corrected chi connectivity index (χ2v) is 3.45. The van der Waals surface area contributed by atoms with Gasteiger partial charge in [0.1, 0.15) is 0 Å². The number of aromatic amines is 1. The van der Waals surface area contributed by atoms with Crippen LogP contribution in [0.15, 0.2) is 11.0 Å². The molecule has 72 valence electrons. The summed E-state index contributed by atoms with van der Waals surface area (Å²) in [5.74, 6) is 0. The Kier molecular flexibility index (Phi) is 3.37. The minimum absolute atomic E-state index is 0.0336. The van der Waals surface area contributed by atoms with Gasteiger partial charge in [0.05, 0.1) is 9.26 Å². The third kappa shape index (κ3) is 2.05. The summed E-state index contributed by atoms with van der Waals surface area (Å²) >= 11 is 1.85. The SMILES string of the molecule is NCc1c(I)[nH]cc(C(F)F)c1=O. The summed E-state index contributed by atoms with van der Waals surface area (Å²) in [6.45, 7) is -0.0336. The average molecular weight is 300 g/mol. The molecule has 3 nitrogen and oxygen atoms in total. The first-order valence-corrected chi connectivity index (χ1v) is 4.54. The van der Waals surface area contributed by atoms with Gasteiger partial charge >= 0.3 is 0 Å². The quantitative estimate of drug-likeness (QED) is 0.640. The highest BCUT2D eigenvalue weighted by molar-refractivity contribution is 14.1. The fraction of sp³-hybridized carbons (Fsp3) is 0.286. The fourth-order valence-electron chi connectivity index (χ4n) is 0.912. The van der Waals surface area contributed by atoms with E-state index in [1.807, 2.05) is 22.6 Å². The number of H-pyrrole nitrogens is 1. The zero-order valence-corrected chi connectivity index (χ0v) is 8.64. The van der Waals surface area contributed by atoms with Crippen LogP contribution in [-0.2, 0) is 6.54 Å². The van der Waals surface area contributed by atoms with E-state index < -0.39 is 17.4 Å². The summed E-state index contributed by atoms with van der Waals surface area (Å²) in [5.41, 5.74) is 4.26. The standard InChI is InChI=1S/C7H7F2IN2O/c8-6(9)4-2-12-7(10)3(1-11)5(4)13/h2,6H,1,11H2,(H,12,13). The van der Waals surface area contributed by atoms with Crippen molar-refractivity contribution in [2.75, 3.05) is 0 Å². The number of pyridine rings is 1. The molecule has 0 radical (unpaired) electrons. The molecule has 0 atom stereocenters. The van der Waals surface area contributed by atoms with Crippen LogP contribution < -0.4 is 11.2 Å². The average Bonchev–Trinajstić information content (AvgIpc) is 2.04. The van der Waals surface area contributed by atoms with Crippen molar-refractivity contribution >= 4 is 22.6 Å². The summed E-state index contributed by atoms with van der Waals surface area (Å²) in [6.07, 6.45) is -1.74. The predicted molar refractivity (Wildman–Crippen MR) is 52.6 cm³/mol. The zero-order valence-electron chi connectivity index (χ0n) is 6.48. The molecule has 1 rings (SSSR count). The van der Waals surface area contributed by atoms with Gasteiger partial charge in [0.2, 0.25) is 0 Å². The van der Waals surface area contributed by atoms with Crippen LogP contribution in [0.5, 0.6) is 0 Å². The van der Waals surface area contributed by atoms with Crippen LogP contribution >= 0.6 is 22.6 Å². The van der Waals surface area contributed by atoms with Crippen molar-refractivity contribution in [3.05, 3.63) is 31.2 Å². The van der Waals surface area contributed by atoms with Crippen LogP contribution in [0.2, 0.25) is 0 Å². The van der Waals surface area contributed by atoms with Crippen LogP contribution in [-0.4, -0.2) is 4.98 Å². The molecule has 1 heterocycles. The second kappa shape index (κ2) is 4.14. The summed E-state index contributed by atoms with van der Waals surface area (Å²) in [5, 5.41) is 0. The molecule has 0 unspecified atom stereocenters. The number of rotatable bonds is 2. The van der Waals surface area contributed by atoms with Crippen molar-refractivity contribution < 1.29 is 8.78 Å². The maximum Gasteiger partial charge on any atom is 0.269 e. The summed E-state index contributed by atoms with van der Waals surface area (Å²) in [6, 6.07) is 0. The van der Waals surface area contributed by atoms with Gasteiger partial charge < -0.3 is 10.7 Å². The largest absolute Gasteiger partial charge is 0.356 e. The first-order chi connectivity index (χ1) is 6.07. The van der Waals surface area contributed by atoms with Crippen LogP contribution in [0, 0.1) is 3.70 Å². The first-order valence-electron chi connectivity index (χ1n) is 3.46. The normalized spacial score (nSPS) is 10.8. The molecule has 0 amide bonds. The molecule has 0 aliphatic rings. The molecular weight excluding hydrogens is 293 g/mol. The summed E-state index contributed by atoms with van der Waals surface area (Å²) in [7, 11) is 0. The van der Waals surface area contributed by atoms with Crippen molar-refractivity contribution in [3.8, 4) is 0 Å². The second-order valence-electron chi connectivity index (χ2n) is 2.37. The van der Waals surface area contributed by atoms with E-state index in [9.17, 15) is 13.6 Å². The number of nitrogens with one attached hydrogen (secondary N) is 1. The van der Waals surface area contributed by atoms with Gasteiger partial charge in [-0.15, -0.1) is 0 Å². The van der Waals surface area contributed by atoms with E-state index >= 15 is 0 Å². The van der Waals surface area contributed by atoms with Crippen LogP contribution in [0.4, 0.5) is 8.78 Å². The molecule has 0 bridgehead atoms. The van der Waals surface area contributed by atoms with Gasteiger partial charge in [0, 0.05) is 18.3 Å². The lowest BCUT2D eigenvalue weighted by Crippen LogP contribution is -2.20. The predicted octanol–water partition coefficient (Wildman–Crippen LogP) is 1.38. The van der Waals surface area contributed by atoms with Crippen molar-refractivity contribution in [3.63, 3.8) is 0 Å². The van der Waals surface area contributed by atoms with Crippen molar-refractivity contribution in [2.45, 2.75) is 13.0 Å². The number of hydrogen-bond donors (Lipinski definition) is 2. The minimum atomic E-state index is -2.76. The molecule has 0 saturated carbocycles. The molecule has 0 aliphatic carbocycles. The van der Waals surface area contributed by atoms with Gasteiger partial charge in [-0.1, -0.05) is 0 Å². The molecule has 3 N–H and O–H groups in total. The smallest absolute Gasteiger partial charge is 0.269 e. The summed E-state index contributed by atoms with van der Waals surface area (Å²) < 4.78 is 24.9. The fourth-order valence-corrected chi connectivity index (χ4v) is 1.53. The third-order valence-corrected chi connectivity index (χ3v) is 2.56. The lowest BCUT2D eigenvalue weighted by molar-refractivity contribution is 0.149. The van der Waals surface area contributed by atoms with E-state index in [1.165, 1.54) is 0 Å². The molecule has 6 heteroatoms. The van der Waals surface area contributed by atoms with E-state index in [0.717, 1.165) is 6.20 Å². The van der Waals surface area contributed by atoms with Crippen LogP contribution in [0.25, 0.3) is 0 Å². The molecule has 0 aromatic carbocycles. The Hall–Kier alpha value is -0.500. The number of nitrogens with two attached hydrogens (primary N) is 1. The Morgan fingerprint density at radius 3 is 2.69 bits per heavy atom. The molecule has 1 aromatic heterocycles. The van der Waals surface area contributed by atoms with Gasteiger partial charge in [-0.2, -0.15) is 0 Å². The highest BCUT2D eigenvalue weighted by Gasteiger charge is 2.15. The lowest BCUT2D eigenvalue weighted by atomic mass is 10.2. The minimum Gasteiger partial charge on any atom is -0.356 e. The Bertz CT molecular complexity index is 364. The Labute approximate surface area is 86.5 Å². The lowest BCUT2D eigenvalue weighted by Gasteiger charge is -2.03. The van der Waals surface area contributed by atoms with Crippen molar-refractivity contribution in [1.82, 2.24) is 4.98 Å². The maximum atomic E-state index is 12.2. The van der Waals surface area contributed by atoms with E-state index in [0.29, 0.717) is 3.70 Å². The highest BCUT2D eigenvalue weighted by Crippen LogP contribution is 2.15. The molecular formula is C7H7F2IN2O. The molecule has 0 spiro atoms. The van der Waals surface area contributed by atoms with Gasteiger partial charge in [-0.3, -0.25) is 4.79 Å². The van der Waals surface area contributed by atoms with E-state index in [1.54, 1.807) is 0 Å². The van der Waals surface area contributed by atoms with Gasteiger partial charge in [0.15, 0.2) is 5.43 Å². The Balaban J connectivity index is 3.37. The third-order valence-electron chi connectivity index (χ3n) is 1.59. The Morgan fingerprint density at radius 1 is 1.62 bits per heavy atom. The van der Waals surface area contributed by atoms with Crippen LogP contribution in [0.1, 0.15) is 17.6 Å². The molecule has 0 aliphatic heterocycles. The molecule has 0 saturated heterocycles. The number of aromatic nitrogens is 1. The van der Waals surface area contributed by atoms with Gasteiger partial charge in [-0.05, 0) is 22.6 Å². The molecule has 1 aromatic rings. The summed E-state index contributed by atoms with van der Waals surface area (Å²) in [4.78, 5) is 13.8. The van der Waals surface area contributed by atoms with Gasteiger partial charge in [0.25, 0.3) is 6.43 Å². The van der Waals surface area contributed by atoms with E-state index in [4.69, 9.17) is 5.73 Å². The number of halogens is 3. The van der Waals surface area contributed by atoms with E-state index in [-0.39, 0.29) is 12.1 Å². The molecule has 13 heavy (non-hydrogen) atoms. The van der Waals surface area contributed by atoms with E-state index in [2.05, 4.69) is 4.98 Å². The van der Waals surface area contributed by atoms with Crippen LogP contribution in [0.3, 0.4) is 0 Å². The molecule has 0 fully saturated rings. The Morgan fingerprint density at radius 2 is 2.23 bits per heavy atom. The monoisotopic (exact) mass is 300 g/mol.